The molecule has 0 saturated carbocycles. The molecular weight excluding hydrogens is 328 g/mol. The van der Waals surface area contributed by atoms with Crippen LogP contribution in [0.3, 0.4) is 0 Å². The van der Waals surface area contributed by atoms with Crippen LogP contribution in [0, 0.1) is 11.6 Å². The summed E-state index contributed by atoms with van der Waals surface area (Å²) in [6.07, 6.45) is 2.80. The number of fused-ring (bicyclic) bond motifs is 1. The Labute approximate surface area is 142 Å². The second kappa shape index (κ2) is 6.21. The topological polar surface area (TPSA) is 96.7 Å². The molecule has 0 aliphatic rings. The summed E-state index contributed by atoms with van der Waals surface area (Å²) >= 11 is 0. The number of benzene rings is 1. The van der Waals surface area contributed by atoms with Gasteiger partial charge in [0.2, 0.25) is 0 Å². The molecular formula is C17H17F2N5O. The molecule has 0 spiro atoms. The molecule has 3 aromatic rings. The van der Waals surface area contributed by atoms with Crippen LogP contribution in [0.25, 0.3) is 22.3 Å². The van der Waals surface area contributed by atoms with Gasteiger partial charge in [0.15, 0.2) is 11.6 Å². The zero-order chi connectivity index (χ0) is 18.2. The van der Waals surface area contributed by atoms with Crippen molar-refractivity contribution in [3.05, 3.63) is 47.9 Å². The number of rotatable bonds is 4. The Balaban J connectivity index is 1.90. The van der Waals surface area contributed by atoms with E-state index in [0.717, 1.165) is 12.1 Å². The van der Waals surface area contributed by atoms with E-state index in [0.29, 0.717) is 22.3 Å². The van der Waals surface area contributed by atoms with Gasteiger partial charge in [-0.05, 0) is 26.0 Å². The maximum Gasteiger partial charge on any atom is 0.271 e. The average molecular weight is 345 g/mol. The van der Waals surface area contributed by atoms with Gasteiger partial charge in [-0.15, -0.1) is 0 Å². The van der Waals surface area contributed by atoms with Gasteiger partial charge in [0.1, 0.15) is 11.4 Å². The van der Waals surface area contributed by atoms with Crippen molar-refractivity contribution in [1.29, 1.82) is 0 Å². The van der Waals surface area contributed by atoms with Crippen LogP contribution in [0.1, 0.15) is 24.3 Å². The van der Waals surface area contributed by atoms with Gasteiger partial charge >= 0.3 is 0 Å². The number of aromatic nitrogens is 3. The minimum Gasteiger partial charge on any atom is -0.353 e. The molecule has 3 rings (SSSR count). The molecule has 6 nitrogen and oxygen atoms in total. The molecule has 0 saturated heterocycles. The number of carbonyl (C=O) groups excluding carboxylic acids is 1. The highest BCUT2D eigenvalue weighted by atomic mass is 19.2. The summed E-state index contributed by atoms with van der Waals surface area (Å²) < 4.78 is 26.7. The molecule has 1 aromatic carbocycles. The molecule has 0 radical (unpaired) electrons. The average Bonchev–Trinajstić information content (AvgIpc) is 2.95. The van der Waals surface area contributed by atoms with E-state index in [2.05, 4.69) is 20.3 Å². The minimum atomic E-state index is -0.940. The summed E-state index contributed by atoms with van der Waals surface area (Å²) in [6.45, 7) is 3.86. The van der Waals surface area contributed by atoms with Gasteiger partial charge in [0.05, 0.1) is 18.1 Å². The van der Waals surface area contributed by atoms with Crippen LogP contribution in [0.4, 0.5) is 8.78 Å². The zero-order valence-electron chi connectivity index (χ0n) is 13.7. The number of nitrogens with one attached hydrogen (secondary N) is 2. The number of nitrogens with two attached hydrogens (primary N) is 1. The number of nitrogens with zero attached hydrogens (tertiary/aromatic N) is 2. The van der Waals surface area contributed by atoms with Crippen molar-refractivity contribution in [2.24, 2.45) is 5.73 Å². The minimum absolute atomic E-state index is 0.123. The lowest BCUT2D eigenvalue weighted by atomic mass is 10.1. The molecule has 2 aromatic heterocycles. The van der Waals surface area contributed by atoms with Crippen LogP contribution in [-0.2, 0) is 0 Å². The molecule has 0 bridgehead atoms. The van der Waals surface area contributed by atoms with E-state index in [1.165, 1.54) is 12.4 Å². The number of aromatic amines is 1. The van der Waals surface area contributed by atoms with Gasteiger partial charge < -0.3 is 16.0 Å². The Bertz CT molecular complexity index is 907. The standard InChI is InChI=1S/C17H17F2N5O/c1-17(2,20)8-22-16(25)15-7-21-6-14(24-15)13-4-9-3-10(18)11(19)5-12(9)23-13/h3-7,23H,8,20H2,1-2H3,(H,22,25). The van der Waals surface area contributed by atoms with Crippen molar-refractivity contribution in [1.82, 2.24) is 20.3 Å². The third-order valence-electron chi connectivity index (χ3n) is 3.51. The third-order valence-corrected chi connectivity index (χ3v) is 3.51. The molecule has 0 unspecified atom stereocenters. The summed E-state index contributed by atoms with van der Waals surface area (Å²) in [5, 5.41) is 3.18. The summed E-state index contributed by atoms with van der Waals surface area (Å²) in [4.78, 5) is 23.4. The van der Waals surface area contributed by atoms with E-state index in [1.54, 1.807) is 19.9 Å². The van der Waals surface area contributed by atoms with Crippen LogP contribution in [0.2, 0.25) is 0 Å². The first-order valence-electron chi connectivity index (χ1n) is 7.60. The van der Waals surface area contributed by atoms with Gasteiger partial charge in [0.25, 0.3) is 5.91 Å². The molecule has 0 atom stereocenters. The van der Waals surface area contributed by atoms with Crippen molar-refractivity contribution in [3.63, 3.8) is 0 Å². The maximum absolute atomic E-state index is 13.3. The second-order valence-corrected chi connectivity index (χ2v) is 6.50. The van der Waals surface area contributed by atoms with Gasteiger partial charge in [-0.1, -0.05) is 0 Å². The lowest BCUT2D eigenvalue weighted by Gasteiger charge is -2.18. The predicted molar refractivity (Wildman–Crippen MR) is 89.8 cm³/mol. The molecule has 1 amide bonds. The molecule has 2 heterocycles. The fraction of sp³-hybridized carbons (Fsp3) is 0.235. The Morgan fingerprint density at radius 3 is 2.68 bits per heavy atom. The molecule has 8 heteroatoms. The quantitative estimate of drug-likeness (QED) is 0.676. The highest BCUT2D eigenvalue weighted by Gasteiger charge is 2.16. The van der Waals surface area contributed by atoms with E-state index < -0.39 is 23.1 Å². The number of hydrogen-bond donors (Lipinski definition) is 3. The number of amides is 1. The van der Waals surface area contributed by atoms with E-state index in [1.807, 2.05) is 0 Å². The predicted octanol–water partition coefficient (Wildman–Crippen LogP) is 2.37. The first-order chi connectivity index (χ1) is 11.7. The fourth-order valence-electron chi connectivity index (χ4n) is 2.27. The van der Waals surface area contributed by atoms with E-state index in [4.69, 9.17) is 5.73 Å². The number of halogens is 2. The van der Waals surface area contributed by atoms with Gasteiger partial charge in [-0.25, -0.2) is 13.8 Å². The van der Waals surface area contributed by atoms with E-state index in [-0.39, 0.29) is 12.2 Å². The normalized spacial score (nSPS) is 11.7. The molecule has 0 aliphatic carbocycles. The van der Waals surface area contributed by atoms with Crippen LogP contribution >= 0.6 is 0 Å². The monoisotopic (exact) mass is 345 g/mol. The fourth-order valence-corrected chi connectivity index (χ4v) is 2.27. The largest absolute Gasteiger partial charge is 0.353 e. The van der Waals surface area contributed by atoms with Crippen molar-refractivity contribution >= 4 is 16.8 Å². The first-order valence-corrected chi connectivity index (χ1v) is 7.60. The van der Waals surface area contributed by atoms with Crippen LogP contribution < -0.4 is 11.1 Å². The SMILES string of the molecule is CC(C)(N)CNC(=O)c1cncc(-c2cc3cc(F)c(F)cc3[nH]2)n1. The highest BCUT2D eigenvalue weighted by molar-refractivity contribution is 5.92. The summed E-state index contributed by atoms with van der Waals surface area (Å²) in [5.74, 6) is -2.27. The lowest BCUT2D eigenvalue weighted by Crippen LogP contribution is -2.45. The van der Waals surface area contributed by atoms with Gasteiger partial charge in [0, 0.05) is 29.1 Å². The van der Waals surface area contributed by atoms with E-state index in [9.17, 15) is 13.6 Å². The van der Waals surface area contributed by atoms with Crippen molar-refractivity contribution in [2.75, 3.05) is 6.54 Å². The lowest BCUT2D eigenvalue weighted by molar-refractivity contribution is 0.0940. The first kappa shape index (κ1) is 17.0. The van der Waals surface area contributed by atoms with Crippen LogP contribution in [0.15, 0.2) is 30.6 Å². The Hall–Kier alpha value is -2.87. The third kappa shape index (κ3) is 3.80. The van der Waals surface area contributed by atoms with Crippen LogP contribution in [-0.4, -0.2) is 32.9 Å². The Kier molecular flexibility index (Phi) is 4.22. The zero-order valence-corrected chi connectivity index (χ0v) is 13.7. The molecule has 0 fully saturated rings. The second-order valence-electron chi connectivity index (χ2n) is 6.50. The van der Waals surface area contributed by atoms with Crippen molar-refractivity contribution in [3.8, 4) is 11.4 Å². The van der Waals surface area contributed by atoms with Crippen molar-refractivity contribution in [2.45, 2.75) is 19.4 Å². The molecule has 0 aliphatic heterocycles. The van der Waals surface area contributed by atoms with Gasteiger partial charge in [-0.3, -0.25) is 9.78 Å². The Morgan fingerprint density at radius 1 is 1.24 bits per heavy atom. The molecule has 4 N–H and O–H groups in total. The number of H-pyrrole nitrogens is 1. The molecule has 25 heavy (non-hydrogen) atoms. The summed E-state index contributed by atoms with van der Waals surface area (Å²) in [6, 6.07) is 3.78. The molecule has 130 valence electrons. The highest BCUT2D eigenvalue weighted by Crippen LogP contribution is 2.24. The Morgan fingerprint density at radius 2 is 1.96 bits per heavy atom. The summed E-state index contributed by atoms with van der Waals surface area (Å²) in [5.41, 5.74) is 6.72. The van der Waals surface area contributed by atoms with Gasteiger partial charge in [-0.2, -0.15) is 0 Å². The maximum atomic E-state index is 13.3. The smallest absolute Gasteiger partial charge is 0.271 e. The number of carbonyl (C=O) groups is 1. The number of hydrogen-bond acceptors (Lipinski definition) is 4. The van der Waals surface area contributed by atoms with E-state index >= 15 is 0 Å². The van der Waals surface area contributed by atoms with Crippen molar-refractivity contribution < 1.29 is 13.6 Å². The summed E-state index contributed by atoms with van der Waals surface area (Å²) in [7, 11) is 0. The van der Waals surface area contributed by atoms with Crippen LogP contribution in [0.5, 0.6) is 0 Å².